The molecular weight excluding hydrogens is 344 g/mol. The second-order valence-corrected chi connectivity index (χ2v) is 8.38. The lowest BCUT2D eigenvalue weighted by molar-refractivity contribution is 0.389. The Kier molecular flexibility index (Phi) is 4.65. The molecule has 26 heavy (non-hydrogen) atoms. The molecule has 5 heteroatoms. The zero-order valence-electron chi connectivity index (χ0n) is 15.3. The summed E-state index contributed by atoms with van der Waals surface area (Å²) < 4.78 is 2.72. The molecule has 1 saturated carbocycles. The van der Waals surface area contributed by atoms with Crippen LogP contribution in [0.2, 0.25) is 0 Å². The molecule has 0 amide bonds. The summed E-state index contributed by atoms with van der Waals surface area (Å²) in [6.45, 7) is 4.13. The first-order valence-corrected chi connectivity index (χ1v) is 10.4. The summed E-state index contributed by atoms with van der Waals surface area (Å²) in [5.41, 5.74) is -0.337. The van der Waals surface area contributed by atoms with Crippen LogP contribution < -0.4 is 11.0 Å². The lowest BCUT2D eigenvalue weighted by atomic mass is 9.88. The Balaban J connectivity index is 2.08. The van der Waals surface area contributed by atoms with Gasteiger partial charge in [-0.2, -0.15) is 0 Å². The SMILES string of the molecule is CC[C@H](C)n1c(C2CCCCC2)nc2sc3ccccc3c(=O)c2c1=O. The fourth-order valence-electron chi connectivity index (χ4n) is 4.04. The minimum absolute atomic E-state index is 0.0483. The summed E-state index contributed by atoms with van der Waals surface area (Å²) in [4.78, 5) is 31.9. The van der Waals surface area contributed by atoms with E-state index in [1.165, 1.54) is 30.6 Å². The van der Waals surface area contributed by atoms with Crippen LogP contribution in [0.4, 0.5) is 0 Å². The molecule has 0 unspecified atom stereocenters. The third-order valence-electron chi connectivity index (χ3n) is 5.68. The standard InChI is InChI=1S/C21H24N2O2S/c1-3-13(2)23-19(14-9-5-4-6-10-14)22-20-17(21(23)25)18(24)15-11-7-8-12-16(15)26-20/h7-8,11-14H,3-6,9-10H2,1-2H3/t13-/m0/s1. The van der Waals surface area contributed by atoms with Gasteiger partial charge in [0.2, 0.25) is 5.43 Å². The van der Waals surface area contributed by atoms with Gasteiger partial charge in [-0.15, -0.1) is 11.3 Å². The maximum atomic E-state index is 13.4. The van der Waals surface area contributed by atoms with Crippen LogP contribution >= 0.6 is 11.3 Å². The minimum Gasteiger partial charge on any atom is -0.293 e. The van der Waals surface area contributed by atoms with Crippen LogP contribution in [0.15, 0.2) is 33.9 Å². The van der Waals surface area contributed by atoms with Gasteiger partial charge < -0.3 is 0 Å². The van der Waals surface area contributed by atoms with Crippen LogP contribution in [0.5, 0.6) is 0 Å². The molecule has 0 radical (unpaired) electrons. The van der Waals surface area contributed by atoms with Crippen LogP contribution in [0.3, 0.4) is 0 Å². The van der Waals surface area contributed by atoms with Crippen molar-refractivity contribution < 1.29 is 0 Å². The van der Waals surface area contributed by atoms with Gasteiger partial charge in [-0.25, -0.2) is 4.98 Å². The maximum absolute atomic E-state index is 13.4. The van der Waals surface area contributed by atoms with E-state index in [2.05, 4.69) is 13.8 Å². The van der Waals surface area contributed by atoms with Crippen molar-refractivity contribution in [2.24, 2.45) is 0 Å². The van der Waals surface area contributed by atoms with Gasteiger partial charge in [-0.05, 0) is 38.3 Å². The number of fused-ring (bicyclic) bond motifs is 2. The van der Waals surface area contributed by atoms with Gasteiger partial charge >= 0.3 is 0 Å². The van der Waals surface area contributed by atoms with Gasteiger partial charge in [0.05, 0.1) is 0 Å². The van der Waals surface area contributed by atoms with E-state index in [1.54, 1.807) is 6.07 Å². The van der Waals surface area contributed by atoms with E-state index >= 15 is 0 Å². The van der Waals surface area contributed by atoms with Crippen molar-refractivity contribution in [3.05, 3.63) is 50.7 Å². The molecule has 1 fully saturated rings. The molecule has 0 spiro atoms. The number of nitrogens with zero attached hydrogens (tertiary/aromatic N) is 2. The summed E-state index contributed by atoms with van der Waals surface area (Å²) in [7, 11) is 0. The first kappa shape index (κ1) is 17.4. The lowest BCUT2D eigenvalue weighted by Gasteiger charge is -2.26. The molecule has 0 saturated heterocycles. The highest BCUT2D eigenvalue weighted by molar-refractivity contribution is 7.24. The molecule has 1 aromatic carbocycles. The molecule has 136 valence electrons. The van der Waals surface area contributed by atoms with Crippen molar-refractivity contribution in [3.8, 4) is 0 Å². The van der Waals surface area contributed by atoms with Gasteiger partial charge in [0, 0.05) is 22.0 Å². The Morgan fingerprint density at radius 2 is 1.92 bits per heavy atom. The predicted molar refractivity (Wildman–Crippen MR) is 108 cm³/mol. The molecule has 3 aromatic rings. The summed E-state index contributed by atoms with van der Waals surface area (Å²) in [5.74, 6) is 1.21. The third-order valence-corrected chi connectivity index (χ3v) is 6.74. The van der Waals surface area contributed by atoms with E-state index in [4.69, 9.17) is 4.98 Å². The highest BCUT2D eigenvalue weighted by Gasteiger charge is 2.25. The summed E-state index contributed by atoms with van der Waals surface area (Å²) in [6.07, 6.45) is 6.64. The van der Waals surface area contributed by atoms with Crippen molar-refractivity contribution in [1.29, 1.82) is 0 Å². The number of hydrogen-bond acceptors (Lipinski definition) is 4. The molecule has 0 bridgehead atoms. The zero-order valence-corrected chi connectivity index (χ0v) is 16.1. The second-order valence-electron chi connectivity index (χ2n) is 7.34. The number of aromatic nitrogens is 2. The van der Waals surface area contributed by atoms with E-state index in [0.717, 1.165) is 29.8 Å². The van der Waals surface area contributed by atoms with Gasteiger partial charge in [0.1, 0.15) is 16.0 Å². The number of benzene rings is 1. The predicted octanol–water partition coefficient (Wildman–Crippen LogP) is 4.99. The van der Waals surface area contributed by atoms with E-state index in [9.17, 15) is 9.59 Å². The average Bonchev–Trinajstić information content (AvgIpc) is 2.68. The normalized spacial score (nSPS) is 17.0. The molecule has 1 aliphatic rings. The molecule has 1 aliphatic carbocycles. The largest absolute Gasteiger partial charge is 0.293 e. The third kappa shape index (κ3) is 2.78. The Hall–Kier alpha value is -2.01. The molecule has 4 nitrogen and oxygen atoms in total. The fourth-order valence-corrected chi connectivity index (χ4v) is 5.08. The lowest BCUT2D eigenvalue weighted by Crippen LogP contribution is -2.32. The summed E-state index contributed by atoms with van der Waals surface area (Å²) in [6, 6.07) is 7.55. The first-order valence-electron chi connectivity index (χ1n) is 9.59. The van der Waals surface area contributed by atoms with Gasteiger partial charge in [-0.1, -0.05) is 38.3 Å². The van der Waals surface area contributed by atoms with Crippen LogP contribution in [0.1, 0.15) is 70.2 Å². The van der Waals surface area contributed by atoms with Crippen molar-refractivity contribution in [3.63, 3.8) is 0 Å². The van der Waals surface area contributed by atoms with Crippen molar-refractivity contribution in [2.45, 2.75) is 64.3 Å². The van der Waals surface area contributed by atoms with Crippen molar-refractivity contribution in [1.82, 2.24) is 9.55 Å². The van der Waals surface area contributed by atoms with Crippen molar-refractivity contribution in [2.75, 3.05) is 0 Å². The Bertz CT molecular complexity index is 1080. The van der Waals surface area contributed by atoms with E-state index in [1.807, 2.05) is 22.8 Å². The molecular formula is C21H24N2O2S. The van der Waals surface area contributed by atoms with Gasteiger partial charge in [0.15, 0.2) is 0 Å². The molecule has 1 atom stereocenters. The van der Waals surface area contributed by atoms with E-state index in [0.29, 0.717) is 16.1 Å². The molecule has 4 rings (SSSR count). The van der Waals surface area contributed by atoms with Crippen LogP contribution in [0.25, 0.3) is 20.3 Å². The molecule has 2 aromatic heterocycles. The highest BCUT2D eigenvalue weighted by Crippen LogP contribution is 2.33. The zero-order chi connectivity index (χ0) is 18.3. The fraction of sp³-hybridized carbons (Fsp3) is 0.476. The quantitative estimate of drug-likeness (QED) is 0.612. The van der Waals surface area contributed by atoms with Crippen molar-refractivity contribution >= 4 is 31.6 Å². The minimum atomic E-state index is -0.181. The second kappa shape index (κ2) is 6.95. The van der Waals surface area contributed by atoms with Gasteiger partial charge in [-0.3, -0.25) is 14.2 Å². The number of rotatable bonds is 3. The molecule has 0 N–H and O–H groups in total. The molecule has 2 heterocycles. The Morgan fingerprint density at radius 1 is 1.19 bits per heavy atom. The van der Waals surface area contributed by atoms with E-state index in [-0.39, 0.29) is 22.4 Å². The van der Waals surface area contributed by atoms with Crippen LogP contribution in [-0.4, -0.2) is 9.55 Å². The smallest absolute Gasteiger partial charge is 0.266 e. The monoisotopic (exact) mass is 368 g/mol. The molecule has 0 aliphatic heterocycles. The Labute approximate surface area is 156 Å². The van der Waals surface area contributed by atoms with E-state index < -0.39 is 0 Å². The van der Waals surface area contributed by atoms with Gasteiger partial charge in [0.25, 0.3) is 5.56 Å². The van der Waals surface area contributed by atoms with Crippen LogP contribution in [-0.2, 0) is 0 Å². The average molecular weight is 369 g/mol. The Morgan fingerprint density at radius 3 is 2.65 bits per heavy atom. The number of hydrogen-bond donors (Lipinski definition) is 0. The topological polar surface area (TPSA) is 52.0 Å². The summed E-state index contributed by atoms with van der Waals surface area (Å²) >= 11 is 1.46. The van der Waals surface area contributed by atoms with Crippen LogP contribution in [0, 0.1) is 0 Å². The maximum Gasteiger partial charge on any atom is 0.266 e. The summed E-state index contributed by atoms with van der Waals surface area (Å²) in [5, 5.41) is 0.874. The first-order chi connectivity index (χ1) is 12.6. The highest BCUT2D eigenvalue weighted by atomic mass is 32.1.